The highest BCUT2D eigenvalue weighted by molar-refractivity contribution is 7.75. The molecule has 0 bridgehead atoms. The highest BCUT2D eigenvalue weighted by Gasteiger charge is 2.26. The summed E-state index contributed by atoms with van der Waals surface area (Å²) in [4.78, 5) is 12.9. The molecule has 2 rings (SSSR count). The van der Waals surface area contributed by atoms with Crippen LogP contribution in [-0.2, 0) is 4.52 Å². The molecule has 1 aromatic carbocycles. The van der Waals surface area contributed by atoms with Crippen molar-refractivity contribution in [2.75, 3.05) is 7.11 Å². The van der Waals surface area contributed by atoms with Crippen molar-refractivity contribution in [3.8, 4) is 0 Å². The molecule has 106 valence electrons. The van der Waals surface area contributed by atoms with Crippen LogP contribution in [0.5, 0.6) is 0 Å². The average molecular weight is 288 g/mol. The van der Waals surface area contributed by atoms with Crippen LogP contribution in [0.3, 0.4) is 0 Å². The second-order valence-corrected chi connectivity index (χ2v) is 7.04. The molecule has 0 N–H and O–H groups in total. The Morgan fingerprint density at radius 3 is 2.30 bits per heavy atom. The standard InChI is InChI=1S/C17H21O2P/c1-12-10-13(2)16(14(3)11-12)17(18)20(19-4)15-8-6-5-7-9-15/h6,8-11H,5,7H2,1-4H3. The first-order valence-corrected chi connectivity index (χ1v) is 8.13. The minimum absolute atomic E-state index is 0.121. The number of hydrogen-bond acceptors (Lipinski definition) is 2. The SMILES string of the molecule is COP(C(=O)c1c(C)cc(C)cc1C)C1=CCCC=C1. The lowest BCUT2D eigenvalue weighted by Gasteiger charge is -2.19. The monoisotopic (exact) mass is 288 g/mol. The first-order valence-electron chi connectivity index (χ1n) is 6.87. The molecule has 2 nitrogen and oxygen atoms in total. The molecule has 0 amide bonds. The molecule has 0 heterocycles. The summed E-state index contributed by atoms with van der Waals surface area (Å²) in [6.07, 6.45) is 8.33. The summed E-state index contributed by atoms with van der Waals surface area (Å²) in [7, 11) is 0.410. The highest BCUT2D eigenvalue weighted by Crippen LogP contribution is 2.50. The highest BCUT2D eigenvalue weighted by atomic mass is 31.1. The van der Waals surface area contributed by atoms with Crippen molar-refractivity contribution in [2.45, 2.75) is 33.6 Å². The van der Waals surface area contributed by atoms with E-state index in [0.717, 1.165) is 34.8 Å². The molecule has 0 saturated heterocycles. The lowest BCUT2D eigenvalue weighted by Crippen LogP contribution is -2.06. The topological polar surface area (TPSA) is 26.3 Å². The van der Waals surface area contributed by atoms with Gasteiger partial charge in [0.05, 0.1) is 0 Å². The zero-order valence-electron chi connectivity index (χ0n) is 12.6. The van der Waals surface area contributed by atoms with Crippen LogP contribution < -0.4 is 0 Å². The average Bonchev–Trinajstić information content (AvgIpc) is 2.39. The maximum Gasteiger partial charge on any atom is 0.216 e. The smallest absolute Gasteiger partial charge is 0.216 e. The largest absolute Gasteiger partial charge is 0.350 e. The van der Waals surface area contributed by atoms with E-state index in [1.54, 1.807) is 7.11 Å². The first kappa shape index (κ1) is 15.2. The van der Waals surface area contributed by atoms with Gasteiger partial charge in [0.15, 0.2) is 0 Å². The van der Waals surface area contributed by atoms with Crippen molar-refractivity contribution >= 4 is 13.7 Å². The number of benzene rings is 1. The molecule has 20 heavy (non-hydrogen) atoms. The van der Waals surface area contributed by atoms with E-state index in [1.165, 1.54) is 5.56 Å². The number of hydrogen-bond donors (Lipinski definition) is 0. The fourth-order valence-electron chi connectivity index (χ4n) is 2.67. The molecule has 0 spiro atoms. The molecule has 0 radical (unpaired) electrons. The van der Waals surface area contributed by atoms with E-state index >= 15 is 0 Å². The summed E-state index contributed by atoms with van der Waals surface area (Å²) >= 11 is 0. The molecule has 1 aromatic rings. The van der Waals surface area contributed by atoms with Gasteiger partial charge in [-0.3, -0.25) is 4.79 Å². The van der Waals surface area contributed by atoms with E-state index in [9.17, 15) is 4.79 Å². The van der Waals surface area contributed by atoms with Gasteiger partial charge in [0.25, 0.3) is 0 Å². The summed E-state index contributed by atoms with van der Waals surface area (Å²) in [6, 6.07) is 4.13. The van der Waals surface area contributed by atoms with Crippen molar-refractivity contribution < 1.29 is 9.32 Å². The maximum absolute atomic E-state index is 12.9. The van der Waals surface area contributed by atoms with E-state index < -0.39 is 8.15 Å². The molecule has 1 unspecified atom stereocenters. The molecule has 1 atom stereocenters. The second-order valence-electron chi connectivity index (χ2n) is 5.16. The van der Waals surface area contributed by atoms with Gasteiger partial charge in [-0.25, -0.2) is 0 Å². The van der Waals surface area contributed by atoms with Crippen LogP contribution in [0, 0.1) is 20.8 Å². The van der Waals surface area contributed by atoms with Crippen LogP contribution in [0.25, 0.3) is 0 Å². The fraction of sp³-hybridized carbons (Fsp3) is 0.353. The molecule has 0 aliphatic heterocycles. The predicted octanol–water partition coefficient (Wildman–Crippen LogP) is 5.03. The maximum atomic E-state index is 12.9. The van der Waals surface area contributed by atoms with Crippen LogP contribution >= 0.6 is 8.15 Å². The molecular formula is C17H21O2P. The summed E-state index contributed by atoms with van der Waals surface area (Å²) in [5.41, 5.74) is 4.21. The summed E-state index contributed by atoms with van der Waals surface area (Å²) in [6.45, 7) is 6.06. The number of aryl methyl sites for hydroxylation is 3. The zero-order valence-corrected chi connectivity index (χ0v) is 13.5. The molecule has 1 aliphatic rings. The molecule has 0 saturated carbocycles. The number of rotatable bonds is 4. The van der Waals surface area contributed by atoms with Crippen LogP contribution in [-0.4, -0.2) is 12.6 Å². The minimum atomic E-state index is -1.22. The van der Waals surface area contributed by atoms with Crippen LogP contribution in [0.1, 0.15) is 39.9 Å². The summed E-state index contributed by atoms with van der Waals surface area (Å²) in [5, 5.41) is 1.04. The molecule has 0 fully saturated rings. The Kier molecular flexibility index (Phi) is 4.91. The Bertz CT molecular complexity index is 562. The van der Waals surface area contributed by atoms with E-state index in [1.807, 2.05) is 19.9 Å². The van der Waals surface area contributed by atoms with Gasteiger partial charge in [0, 0.05) is 18.0 Å². The summed E-state index contributed by atoms with van der Waals surface area (Å²) < 4.78 is 5.54. The molecule has 1 aliphatic carbocycles. The number of carbonyl (C=O) groups is 1. The van der Waals surface area contributed by atoms with Crippen molar-refractivity contribution in [3.05, 3.63) is 57.9 Å². The van der Waals surface area contributed by atoms with Gasteiger partial charge in [-0.2, -0.15) is 0 Å². The fourth-order valence-corrected chi connectivity index (χ4v) is 4.38. The van der Waals surface area contributed by atoms with Gasteiger partial charge in [0.1, 0.15) is 8.15 Å². The Labute approximate surface area is 122 Å². The van der Waals surface area contributed by atoms with E-state index in [-0.39, 0.29) is 5.52 Å². The third-order valence-corrected chi connectivity index (χ3v) is 5.23. The number of carbonyl (C=O) groups excluding carboxylic acids is 1. The van der Waals surface area contributed by atoms with Crippen LogP contribution in [0.15, 0.2) is 35.7 Å². The van der Waals surface area contributed by atoms with E-state index in [0.29, 0.717) is 0 Å². The third kappa shape index (κ3) is 3.08. The van der Waals surface area contributed by atoms with E-state index in [2.05, 4.69) is 31.2 Å². The molecular weight excluding hydrogens is 267 g/mol. The lowest BCUT2D eigenvalue weighted by atomic mass is 10.0. The van der Waals surface area contributed by atoms with Crippen LogP contribution in [0.2, 0.25) is 0 Å². The molecule has 0 aromatic heterocycles. The van der Waals surface area contributed by atoms with Gasteiger partial charge >= 0.3 is 0 Å². The summed E-state index contributed by atoms with van der Waals surface area (Å²) in [5.74, 6) is 0. The normalized spacial score (nSPS) is 15.9. The Morgan fingerprint density at radius 1 is 1.15 bits per heavy atom. The number of allylic oxidation sites excluding steroid dienone is 4. The predicted molar refractivity (Wildman–Crippen MR) is 85.4 cm³/mol. The van der Waals surface area contributed by atoms with Crippen molar-refractivity contribution in [3.63, 3.8) is 0 Å². The first-order chi connectivity index (χ1) is 9.54. The molecule has 3 heteroatoms. The second kappa shape index (κ2) is 6.47. The third-order valence-electron chi connectivity index (χ3n) is 3.47. The van der Waals surface area contributed by atoms with Gasteiger partial charge < -0.3 is 4.52 Å². The Hall–Kier alpha value is -1.24. The van der Waals surface area contributed by atoms with Gasteiger partial charge in [0.2, 0.25) is 5.52 Å². The quantitative estimate of drug-likeness (QED) is 0.726. The van der Waals surface area contributed by atoms with Crippen molar-refractivity contribution in [1.82, 2.24) is 0 Å². The van der Waals surface area contributed by atoms with E-state index in [4.69, 9.17) is 4.52 Å². The zero-order chi connectivity index (χ0) is 14.7. The van der Waals surface area contributed by atoms with Crippen molar-refractivity contribution in [1.29, 1.82) is 0 Å². The minimum Gasteiger partial charge on any atom is -0.350 e. The van der Waals surface area contributed by atoms with Gasteiger partial charge in [-0.05, 0) is 44.7 Å². The Balaban J connectivity index is 2.39. The van der Waals surface area contributed by atoms with Crippen molar-refractivity contribution in [2.24, 2.45) is 0 Å². The lowest BCUT2D eigenvalue weighted by molar-refractivity contribution is 0.107. The van der Waals surface area contributed by atoms with Crippen LogP contribution in [0.4, 0.5) is 0 Å². The Morgan fingerprint density at radius 2 is 1.80 bits per heavy atom. The van der Waals surface area contributed by atoms with Gasteiger partial charge in [-0.1, -0.05) is 35.9 Å². The van der Waals surface area contributed by atoms with Gasteiger partial charge in [-0.15, -0.1) is 0 Å².